The lowest BCUT2D eigenvalue weighted by atomic mass is 10.2. The minimum Gasteiger partial charge on any atom is -0.371 e. The van der Waals surface area contributed by atoms with Gasteiger partial charge in [-0.25, -0.2) is 4.79 Å². The van der Waals surface area contributed by atoms with Crippen LogP contribution < -0.4 is 16.3 Å². The lowest BCUT2D eigenvalue weighted by Gasteiger charge is -2.23. The third-order valence-electron chi connectivity index (χ3n) is 5.65. The quantitative estimate of drug-likeness (QED) is 0.126. The summed E-state index contributed by atoms with van der Waals surface area (Å²) in [5, 5.41) is 13.3. The van der Waals surface area contributed by atoms with Crippen LogP contribution in [0.1, 0.15) is 6.92 Å². The summed E-state index contributed by atoms with van der Waals surface area (Å²) in [5.74, 6) is -1.14. The second kappa shape index (κ2) is 12.6. The SMILES string of the molecule is CCN1C=C(CS(=O)(=O)O)C=C(N=Nc2cc(Nc3nc(Nc4cccc(S(=O)(=O)O)c4)[nH]c(=O)n3)ccc2S(=O)(=O)O)C1. The molecule has 6 N–H and O–H groups in total. The van der Waals surface area contributed by atoms with Crippen LogP contribution in [0.2, 0.25) is 0 Å². The zero-order valence-corrected chi connectivity index (χ0v) is 24.9. The van der Waals surface area contributed by atoms with Gasteiger partial charge in [0.2, 0.25) is 11.9 Å². The van der Waals surface area contributed by atoms with Gasteiger partial charge in [-0.3, -0.25) is 18.6 Å². The van der Waals surface area contributed by atoms with Crippen LogP contribution in [-0.4, -0.2) is 77.6 Å². The number of likely N-dealkylation sites (N-methyl/N-ethyl adjacent to an activating group) is 1. The largest absolute Gasteiger partial charge is 0.371 e. The number of hydrogen-bond donors (Lipinski definition) is 6. The number of aromatic nitrogens is 3. The molecule has 44 heavy (non-hydrogen) atoms. The summed E-state index contributed by atoms with van der Waals surface area (Å²) in [7, 11) is -13.6. The van der Waals surface area contributed by atoms with E-state index in [2.05, 4.69) is 35.8 Å². The summed E-state index contributed by atoms with van der Waals surface area (Å²) in [5.41, 5.74) is -0.522. The van der Waals surface area contributed by atoms with E-state index in [1.54, 1.807) is 11.8 Å². The maximum Gasteiger partial charge on any atom is 0.351 e. The van der Waals surface area contributed by atoms with Crippen molar-refractivity contribution in [3.63, 3.8) is 0 Å². The lowest BCUT2D eigenvalue weighted by Crippen LogP contribution is -2.24. The summed E-state index contributed by atoms with van der Waals surface area (Å²) in [6.07, 6.45) is 2.89. The minimum absolute atomic E-state index is 0.107. The zero-order chi connectivity index (χ0) is 32.3. The number of nitrogens with zero attached hydrogens (tertiary/aromatic N) is 5. The number of azo groups is 1. The molecule has 1 aliphatic heterocycles. The highest BCUT2D eigenvalue weighted by atomic mass is 32.2. The van der Waals surface area contributed by atoms with Gasteiger partial charge in [-0.2, -0.15) is 40.3 Å². The number of benzene rings is 2. The van der Waals surface area contributed by atoms with Crippen molar-refractivity contribution in [1.29, 1.82) is 0 Å². The Kier molecular flexibility index (Phi) is 9.27. The van der Waals surface area contributed by atoms with Crippen molar-refractivity contribution >= 4 is 59.3 Å². The van der Waals surface area contributed by atoms with E-state index in [-0.39, 0.29) is 46.8 Å². The molecule has 0 radical (unpaired) electrons. The molecule has 3 aromatic rings. The first-order valence-electron chi connectivity index (χ1n) is 12.2. The molecule has 2 heterocycles. The number of nitrogens with one attached hydrogen (secondary N) is 3. The number of allylic oxidation sites excluding steroid dienone is 1. The Balaban J connectivity index is 1.64. The highest BCUT2D eigenvalue weighted by Gasteiger charge is 2.19. The molecular formula is C23H24N8O10S3. The Morgan fingerprint density at radius 2 is 1.66 bits per heavy atom. The van der Waals surface area contributed by atoms with Gasteiger partial charge in [-0.1, -0.05) is 6.07 Å². The molecule has 21 heteroatoms. The third kappa shape index (κ3) is 8.98. The van der Waals surface area contributed by atoms with Crippen LogP contribution in [0.4, 0.5) is 29.0 Å². The van der Waals surface area contributed by atoms with Gasteiger partial charge in [0.05, 0.1) is 17.1 Å². The van der Waals surface area contributed by atoms with Crippen molar-refractivity contribution in [1.82, 2.24) is 19.9 Å². The Labute approximate surface area is 250 Å². The van der Waals surface area contributed by atoms with Gasteiger partial charge in [0.15, 0.2) is 0 Å². The molecule has 18 nitrogen and oxygen atoms in total. The maximum absolute atomic E-state index is 12.2. The van der Waals surface area contributed by atoms with E-state index in [9.17, 15) is 43.7 Å². The van der Waals surface area contributed by atoms with Gasteiger partial charge in [-0.15, -0.1) is 5.11 Å². The zero-order valence-electron chi connectivity index (χ0n) is 22.5. The monoisotopic (exact) mass is 668 g/mol. The first-order chi connectivity index (χ1) is 20.5. The fraction of sp³-hybridized carbons (Fsp3) is 0.174. The van der Waals surface area contributed by atoms with Gasteiger partial charge in [0.1, 0.15) is 16.3 Å². The Bertz CT molecular complexity index is 2080. The smallest absolute Gasteiger partial charge is 0.351 e. The van der Waals surface area contributed by atoms with Gasteiger partial charge >= 0.3 is 5.69 Å². The van der Waals surface area contributed by atoms with E-state index in [0.717, 1.165) is 24.3 Å². The van der Waals surface area contributed by atoms with Crippen LogP contribution in [0.15, 0.2) is 90.8 Å². The average molecular weight is 669 g/mol. The molecule has 0 fully saturated rings. The number of H-pyrrole nitrogens is 1. The van der Waals surface area contributed by atoms with E-state index in [1.165, 1.54) is 30.5 Å². The molecule has 0 bridgehead atoms. The van der Waals surface area contributed by atoms with Crippen LogP contribution in [0, 0.1) is 0 Å². The number of aromatic amines is 1. The van der Waals surface area contributed by atoms with Gasteiger partial charge < -0.3 is 15.5 Å². The second-order valence-corrected chi connectivity index (χ2v) is 13.3. The van der Waals surface area contributed by atoms with Crippen molar-refractivity contribution in [2.24, 2.45) is 10.2 Å². The van der Waals surface area contributed by atoms with Gasteiger partial charge in [0, 0.05) is 24.1 Å². The van der Waals surface area contributed by atoms with Gasteiger partial charge in [-0.05, 0) is 55.0 Å². The normalized spacial score (nSPS) is 14.3. The van der Waals surface area contributed by atoms with Crippen molar-refractivity contribution in [3.05, 3.63) is 76.5 Å². The Hall–Kier alpha value is -4.54. The molecule has 234 valence electrons. The van der Waals surface area contributed by atoms with E-state index < -0.39 is 51.6 Å². The van der Waals surface area contributed by atoms with Crippen LogP contribution in [0.3, 0.4) is 0 Å². The van der Waals surface area contributed by atoms with E-state index in [4.69, 9.17) is 0 Å². The number of hydrogen-bond acceptors (Lipinski definition) is 14. The Morgan fingerprint density at radius 1 is 0.932 bits per heavy atom. The van der Waals surface area contributed by atoms with Crippen molar-refractivity contribution in [3.8, 4) is 0 Å². The van der Waals surface area contributed by atoms with E-state index >= 15 is 0 Å². The van der Waals surface area contributed by atoms with Crippen LogP contribution in [0.25, 0.3) is 0 Å². The molecule has 2 aromatic carbocycles. The van der Waals surface area contributed by atoms with Crippen LogP contribution in [0.5, 0.6) is 0 Å². The summed E-state index contributed by atoms with van der Waals surface area (Å²) >= 11 is 0. The predicted molar refractivity (Wildman–Crippen MR) is 156 cm³/mol. The van der Waals surface area contributed by atoms with Crippen LogP contribution >= 0.6 is 0 Å². The van der Waals surface area contributed by atoms with Crippen molar-refractivity contribution in [2.75, 3.05) is 29.5 Å². The topological polar surface area (TPSA) is 274 Å². The second-order valence-electron chi connectivity index (χ2n) is 9.07. The summed E-state index contributed by atoms with van der Waals surface area (Å²) in [4.78, 5) is 22.9. The maximum atomic E-state index is 12.2. The van der Waals surface area contributed by atoms with Crippen LogP contribution in [-0.2, 0) is 30.4 Å². The molecule has 4 rings (SSSR count). The molecule has 0 spiro atoms. The molecule has 1 aliphatic rings. The molecule has 0 saturated heterocycles. The molecule has 0 atom stereocenters. The minimum atomic E-state index is -4.78. The molecule has 0 amide bonds. The van der Waals surface area contributed by atoms with Gasteiger partial charge in [0.25, 0.3) is 30.4 Å². The molecular weight excluding hydrogens is 645 g/mol. The van der Waals surface area contributed by atoms with E-state index in [0.29, 0.717) is 6.54 Å². The molecule has 1 aromatic heterocycles. The fourth-order valence-corrected chi connectivity index (χ4v) is 5.56. The third-order valence-corrected chi connectivity index (χ3v) is 8.09. The summed E-state index contributed by atoms with van der Waals surface area (Å²) in [6, 6.07) is 8.42. The highest BCUT2D eigenvalue weighted by Crippen LogP contribution is 2.30. The fourth-order valence-electron chi connectivity index (χ4n) is 3.85. The highest BCUT2D eigenvalue weighted by molar-refractivity contribution is 7.86. The number of anilines is 4. The lowest BCUT2D eigenvalue weighted by molar-refractivity contribution is 0.417. The van der Waals surface area contributed by atoms with E-state index in [1.807, 2.05) is 0 Å². The average Bonchev–Trinajstić information content (AvgIpc) is 2.89. The Morgan fingerprint density at radius 3 is 2.32 bits per heavy atom. The molecule has 0 saturated carbocycles. The van der Waals surface area contributed by atoms with Crippen molar-refractivity contribution in [2.45, 2.75) is 16.7 Å². The predicted octanol–water partition coefficient (Wildman–Crippen LogP) is 2.22. The molecule has 0 unspecified atom stereocenters. The van der Waals surface area contributed by atoms with Crippen molar-refractivity contribution < 1.29 is 38.9 Å². The summed E-state index contributed by atoms with van der Waals surface area (Å²) in [6.45, 7) is 2.43. The first-order valence-corrected chi connectivity index (χ1v) is 16.7. The first kappa shape index (κ1) is 32.4. The molecule has 0 aliphatic carbocycles. The number of rotatable bonds is 11. The standard InChI is InChI=1S/C23H24N8O10S3/c1-2-31-11-14(13-42(33,34)35)8-17(12-31)29-30-19-10-16(6-7-20(19)44(39,40)41)25-22-26-21(27-23(32)28-22)24-15-4-3-5-18(9-15)43(36,37)38/h3-11H,2,12-13H2,1H3,(H,33,34,35)(H,36,37,38)(H,39,40,41)(H3,24,25,26,27,28,32). The summed E-state index contributed by atoms with van der Waals surface area (Å²) < 4.78 is 97.7.